The number of anilines is 1. The number of hydrogen-bond donors (Lipinski definition) is 2. The Morgan fingerprint density at radius 2 is 2.03 bits per heavy atom. The highest BCUT2D eigenvalue weighted by atomic mass is 35.5. The molecule has 2 N–H and O–H groups in total. The van der Waals surface area contributed by atoms with Gasteiger partial charge >= 0.3 is 0 Å². The molecule has 0 bridgehead atoms. The molecule has 1 aromatic heterocycles. The highest BCUT2D eigenvalue weighted by molar-refractivity contribution is 8.00. The lowest BCUT2D eigenvalue weighted by atomic mass is 10.0. The molecule has 31 heavy (non-hydrogen) atoms. The third kappa shape index (κ3) is 4.80. The number of nitrogens with one attached hydrogen (secondary N) is 2. The van der Waals surface area contributed by atoms with E-state index >= 15 is 0 Å². The van der Waals surface area contributed by atoms with Crippen molar-refractivity contribution in [2.75, 3.05) is 17.3 Å². The summed E-state index contributed by atoms with van der Waals surface area (Å²) in [4.78, 5) is 13.3. The second kappa shape index (κ2) is 9.62. The number of fused-ring (bicyclic) bond motifs is 1. The predicted molar refractivity (Wildman–Crippen MR) is 123 cm³/mol. The van der Waals surface area contributed by atoms with Crippen molar-refractivity contribution in [2.45, 2.75) is 43.1 Å². The fourth-order valence-corrected chi connectivity index (χ4v) is 4.74. The second-order valence-electron chi connectivity index (χ2n) is 7.13. The van der Waals surface area contributed by atoms with Gasteiger partial charge in [0.2, 0.25) is 11.1 Å². The van der Waals surface area contributed by atoms with Crippen LogP contribution in [-0.4, -0.2) is 32.6 Å². The van der Waals surface area contributed by atoms with E-state index < -0.39 is 5.25 Å². The van der Waals surface area contributed by atoms with Crippen LogP contribution in [0.5, 0.6) is 5.75 Å². The van der Waals surface area contributed by atoms with E-state index in [0.717, 1.165) is 30.0 Å². The summed E-state index contributed by atoms with van der Waals surface area (Å²) in [6, 6.07) is 14.7. The number of aryl methyl sites for hydroxylation is 1. The van der Waals surface area contributed by atoms with Gasteiger partial charge in [-0.1, -0.05) is 48.5 Å². The molecule has 1 aliphatic rings. The summed E-state index contributed by atoms with van der Waals surface area (Å²) in [5.41, 5.74) is 5.10. The van der Waals surface area contributed by atoms with Gasteiger partial charge in [-0.15, -0.1) is 10.2 Å². The average molecular weight is 458 g/mol. The van der Waals surface area contributed by atoms with E-state index in [2.05, 4.69) is 27.9 Å². The smallest absolute Gasteiger partial charge is 0.240 e. The lowest BCUT2D eigenvalue weighted by Crippen LogP contribution is -2.41. The molecule has 0 saturated carbocycles. The SMILES string of the molecule is CCCc1nnc2n1N[C@H](c1ccc(OCC)cc1)[C@H](C(=O)Nc1cccc(Cl)c1)S2. The van der Waals surface area contributed by atoms with Gasteiger partial charge in [0.15, 0.2) is 5.82 Å². The number of thioether (sulfide) groups is 1. The average Bonchev–Trinajstić information content (AvgIpc) is 3.16. The van der Waals surface area contributed by atoms with Crippen LogP contribution in [-0.2, 0) is 11.2 Å². The monoisotopic (exact) mass is 457 g/mol. The van der Waals surface area contributed by atoms with Gasteiger partial charge in [0, 0.05) is 17.1 Å². The maximum Gasteiger partial charge on any atom is 0.240 e. The normalized spacial score (nSPS) is 17.5. The zero-order valence-electron chi connectivity index (χ0n) is 17.3. The number of carbonyl (C=O) groups is 1. The lowest BCUT2D eigenvalue weighted by Gasteiger charge is -2.33. The molecule has 0 aliphatic carbocycles. The van der Waals surface area contributed by atoms with Crippen LogP contribution in [0.2, 0.25) is 5.02 Å². The van der Waals surface area contributed by atoms with Crippen molar-refractivity contribution in [3.63, 3.8) is 0 Å². The van der Waals surface area contributed by atoms with Gasteiger partial charge in [-0.05, 0) is 49.2 Å². The Balaban J connectivity index is 1.65. The van der Waals surface area contributed by atoms with Gasteiger partial charge in [-0.3, -0.25) is 4.79 Å². The Hall–Kier alpha value is -2.71. The Labute approximate surface area is 190 Å². The van der Waals surface area contributed by atoms with Crippen molar-refractivity contribution < 1.29 is 9.53 Å². The quantitative estimate of drug-likeness (QED) is 0.536. The maximum atomic E-state index is 13.3. The first-order valence-corrected chi connectivity index (χ1v) is 11.5. The molecule has 2 aromatic carbocycles. The Morgan fingerprint density at radius 3 is 2.74 bits per heavy atom. The van der Waals surface area contributed by atoms with E-state index in [1.165, 1.54) is 11.8 Å². The van der Waals surface area contributed by atoms with E-state index in [1.807, 2.05) is 48.0 Å². The zero-order chi connectivity index (χ0) is 21.8. The van der Waals surface area contributed by atoms with Crippen LogP contribution in [0.1, 0.15) is 37.7 Å². The van der Waals surface area contributed by atoms with Crippen molar-refractivity contribution in [2.24, 2.45) is 0 Å². The van der Waals surface area contributed by atoms with E-state index in [-0.39, 0.29) is 11.9 Å². The molecule has 7 nitrogen and oxygen atoms in total. The van der Waals surface area contributed by atoms with E-state index in [9.17, 15) is 4.79 Å². The fourth-order valence-electron chi connectivity index (χ4n) is 3.45. The van der Waals surface area contributed by atoms with Crippen LogP contribution in [0, 0.1) is 0 Å². The Kier molecular flexibility index (Phi) is 6.67. The molecule has 0 spiro atoms. The summed E-state index contributed by atoms with van der Waals surface area (Å²) < 4.78 is 7.47. The summed E-state index contributed by atoms with van der Waals surface area (Å²) in [5.74, 6) is 1.52. The third-order valence-electron chi connectivity index (χ3n) is 4.88. The van der Waals surface area contributed by atoms with Crippen LogP contribution < -0.4 is 15.5 Å². The highest BCUT2D eigenvalue weighted by Gasteiger charge is 2.37. The number of halogens is 1. The van der Waals surface area contributed by atoms with Crippen LogP contribution >= 0.6 is 23.4 Å². The molecule has 3 aromatic rings. The number of benzene rings is 2. The molecule has 162 valence electrons. The van der Waals surface area contributed by atoms with Gasteiger partial charge in [-0.2, -0.15) is 0 Å². The summed E-state index contributed by atoms with van der Waals surface area (Å²) in [7, 11) is 0. The number of rotatable bonds is 7. The second-order valence-corrected chi connectivity index (χ2v) is 8.68. The first kappa shape index (κ1) is 21.5. The number of amides is 1. The van der Waals surface area contributed by atoms with E-state index in [0.29, 0.717) is 22.5 Å². The summed E-state index contributed by atoms with van der Waals surface area (Å²) >= 11 is 7.48. The summed E-state index contributed by atoms with van der Waals surface area (Å²) in [5, 5.41) is 12.4. The van der Waals surface area contributed by atoms with E-state index in [1.54, 1.807) is 12.1 Å². The van der Waals surface area contributed by atoms with Crippen molar-refractivity contribution in [1.82, 2.24) is 14.9 Å². The topological polar surface area (TPSA) is 81.1 Å². The van der Waals surface area contributed by atoms with Gasteiger partial charge in [0.05, 0.1) is 12.6 Å². The minimum atomic E-state index is -0.455. The Bertz CT molecular complexity index is 1060. The third-order valence-corrected chi connectivity index (χ3v) is 6.33. The zero-order valence-corrected chi connectivity index (χ0v) is 18.9. The van der Waals surface area contributed by atoms with Gasteiger partial charge < -0.3 is 15.5 Å². The molecule has 1 aliphatic heterocycles. The van der Waals surface area contributed by atoms with Crippen molar-refractivity contribution in [3.05, 3.63) is 64.9 Å². The standard InChI is InChI=1S/C22H24ClN5O2S/c1-3-6-18-25-26-22-28(18)27-19(14-9-11-17(12-10-14)30-4-2)20(31-22)21(29)24-16-8-5-7-15(23)13-16/h5,7-13,19-20,27H,3-4,6H2,1-2H3,(H,24,29)/t19-,20-/m1/s1. The van der Waals surface area contributed by atoms with Crippen LogP contribution in [0.3, 0.4) is 0 Å². The van der Waals surface area contributed by atoms with Crippen LogP contribution in [0.15, 0.2) is 53.7 Å². The molecule has 0 saturated heterocycles. The number of ether oxygens (including phenoxy) is 1. The largest absolute Gasteiger partial charge is 0.494 e. The van der Waals surface area contributed by atoms with Crippen LogP contribution in [0.25, 0.3) is 0 Å². The molecule has 2 heterocycles. The van der Waals surface area contributed by atoms with Crippen molar-refractivity contribution >= 4 is 35.0 Å². The lowest BCUT2D eigenvalue weighted by molar-refractivity contribution is -0.116. The molecule has 0 fully saturated rings. The molecule has 4 rings (SSSR count). The minimum absolute atomic E-state index is 0.134. The summed E-state index contributed by atoms with van der Waals surface area (Å²) in [6.45, 7) is 4.65. The Morgan fingerprint density at radius 1 is 1.23 bits per heavy atom. The number of hydrogen-bond acceptors (Lipinski definition) is 6. The molecule has 2 atom stereocenters. The maximum absolute atomic E-state index is 13.3. The van der Waals surface area contributed by atoms with Gasteiger partial charge in [0.25, 0.3) is 0 Å². The molecule has 0 unspecified atom stereocenters. The minimum Gasteiger partial charge on any atom is -0.494 e. The first-order chi connectivity index (χ1) is 15.1. The van der Waals surface area contributed by atoms with Gasteiger partial charge in [-0.25, -0.2) is 4.68 Å². The number of aromatic nitrogens is 3. The number of nitrogens with zero attached hydrogens (tertiary/aromatic N) is 3. The molecule has 0 radical (unpaired) electrons. The highest BCUT2D eigenvalue weighted by Crippen LogP contribution is 2.38. The number of carbonyl (C=O) groups excluding carboxylic acids is 1. The van der Waals surface area contributed by atoms with Crippen molar-refractivity contribution in [1.29, 1.82) is 0 Å². The van der Waals surface area contributed by atoms with Gasteiger partial charge in [0.1, 0.15) is 11.0 Å². The molecular weight excluding hydrogens is 434 g/mol. The van der Waals surface area contributed by atoms with Crippen LogP contribution in [0.4, 0.5) is 5.69 Å². The van der Waals surface area contributed by atoms with E-state index in [4.69, 9.17) is 16.3 Å². The van der Waals surface area contributed by atoms with Crippen molar-refractivity contribution in [3.8, 4) is 5.75 Å². The fraction of sp³-hybridized carbons (Fsp3) is 0.318. The molecule has 1 amide bonds. The summed E-state index contributed by atoms with van der Waals surface area (Å²) in [6.07, 6.45) is 1.76. The molecular formula is C22H24ClN5O2S. The molecule has 9 heteroatoms. The predicted octanol–water partition coefficient (Wildman–Crippen LogP) is 4.68. The first-order valence-electron chi connectivity index (χ1n) is 10.3.